The summed E-state index contributed by atoms with van der Waals surface area (Å²) in [5.41, 5.74) is 0.421. The molecule has 102 valence electrons. The zero-order valence-corrected chi connectivity index (χ0v) is 11.2. The topological polar surface area (TPSA) is 72.5 Å². The van der Waals surface area contributed by atoms with Gasteiger partial charge in [-0.2, -0.15) is 0 Å². The first kappa shape index (κ1) is 15.2. The number of benzene rings is 1. The molecule has 0 spiro atoms. The molecule has 0 aliphatic rings. The molecule has 1 rings (SSSR count). The van der Waals surface area contributed by atoms with Crippen LogP contribution in [-0.2, 0) is 14.3 Å². The number of methoxy groups -OCH3 is 1. The lowest BCUT2D eigenvalue weighted by Gasteiger charge is -2.04. The molecule has 6 heteroatoms. The maximum atomic E-state index is 11.7. The van der Waals surface area contributed by atoms with Crippen molar-refractivity contribution in [3.05, 3.63) is 34.9 Å². The molecule has 0 heterocycles. The van der Waals surface area contributed by atoms with Gasteiger partial charge >= 0.3 is 5.97 Å². The van der Waals surface area contributed by atoms with E-state index in [1.54, 1.807) is 24.3 Å². The monoisotopic (exact) mass is 283 g/mol. The predicted octanol–water partition coefficient (Wildman–Crippen LogP) is 1.59. The number of amides is 1. The quantitative estimate of drug-likeness (QED) is 0.805. The van der Waals surface area contributed by atoms with E-state index in [1.807, 2.05) is 0 Å². The van der Waals surface area contributed by atoms with Crippen molar-refractivity contribution in [2.24, 2.45) is 0 Å². The van der Waals surface area contributed by atoms with Gasteiger partial charge in [-0.15, -0.1) is 0 Å². The van der Waals surface area contributed by atoms with Gasteiger partial charge in [0.05, 0.1) is 20.1 Å². The Hall–Kier alpha value is -1.88. The van der Waals surface area contributed by atoms with Crippen LogP contribution in [-0.4, -0.2) is 31.3 Å². The lowest BCUT2D eigenvalue weighted by Crippen LogP contribution is -2.29. The third kappa shape index (κ3) is 5.52. The number of esters is 1. The van der Waals surface area contributed by atoms with Crippen LogP contribution in [0, 0.1) is 0 Å². The number of nitrogens with one attached hydrogen (secondary N) is 1. The number of halogens is 1. The van der Waals surface area contributed by atoms with Crippen molar-refractivity contribution < 1.29 is 19.1 Å². The normalized spacial score (nSPS) is 9.79. The Balaban J connectivity index is 2.36. The Morgan fingerprint density at radius 3 is 2.37 bits per heavy atom. The van der Waals surface area contributed by atoms with Crippen molar-refractivity contribution in [1.29, 1.82) is 0 Å². The zero-order valence-electron chi connectivity index (χ0n) is 10.4. The number of ether oxygens (including phenoxy) is 1. The lowest BCUT2D eigenvalue weighted by atomic mass is 10.2. The van der Waals surface area contributed by atoms with Gasteiger partial charge in [-0.05, 0) is 24.3 Å². The summed E-state index contributed by atoms with van der Waals surface area (Å²) >= 11 is 5.70. The lowest BCUT2D eigenvalue weighted by molar-refractivity contribution is -0.141. The maximum Gasteiger partial charge on any atom is 0.305 e. The number of carbonyl (C=O) groups excluding carboxylic acids is 3. The molecule has 0 unspecified atom stereocenters. The SMILES string of the molecule is COC(=O)CCC(=O)CNC(=O)c1ccc(Cl)cc1. The fourth-order valence-electron chi connectivity index (χ4n) is 1.31. The average molecular weight is 284 g/mol. The molecule has 0 saturated carbocycles. The fourth-order valence-corrected chi connectivity index (χ4v) is 1.44. The van der Waals surface area contributed by atoms with Crippen LogP contribution in [0.4, 0.5) is 0 Å². The molecule has 1 amide bonds. The van der Waals surface area contributed by atoms with Crippen molar-refractivity contribution in [3.8, 4) is 0 Å². The van der Waals surface area contributed by atoms with Crippen molar-refractivity contribution in [3.63, 3.8) is 0 Å². The van der Waals surface area contributed by atoms with E-state index in [2.05, 4.69) is 10.1 Å². The predicted molar refractivity (Wildman–Crippen MR) is 70.0 cm³/mol. The van der Waals surface area contributed by atoms with Gasteiger partial charge in [0, 0.05) is 17.0 Å². The second kappa shape index (κ2) is 7.53. The average Bonchev–Trinajstić information content (AvgIpc) is 2.42. The first-order chi connectivity index (χ1) is 9.02. The van der Waals surface area contributed by atoms with Gasteiger partial charge in [-0.25, -0.2) is 0 Å². The number of Topliss-reactive ketones (excluding diaryl/α,β-unsaturated/α-hetero) is 1. The summed E-state index contributed by atoms with van der Waals surface area (Å²) < 4.78 is 4.42. The van der Waals surface area contributed by atoms with E-state index >= 15 is 0 Å². The van der Waals surface area contributed by atoms with Crippen LogP contribution in [0.2, 0.25) is 5.02 Å². The van der Waals surface area contributed by atoms with Crippen LogP contribution in [0.1, 0.15) is 23.2 Å². The van der Waals surface area contributed by atoms with E-state index in [9.17, 15) is 14.4 Å². The van der Waals surface area contributed by atoms with Crippen LogP contribution in [0.3, 0.4) is 0 Å². The summed E-state index contributed by atoms with van der Waals surface area (Å²) in [6.07, 6.45) is 0.0692. The molecule has 0 saturated heterocycles. The van der Waals surface area contributed by atoms with Crippen LogP contribution >= 0.6 is 11.6 Å². The number of rotatable bonds is 6. The Bertz CT molecular complexity index is 470. The molecule has 0 radical (unpaired) electrons. The summed E-state index contributed by atoms with van der Waals surface area (Å²) in [6.45, 7) is -0.113. The Morgan fingerprint density at radius 1 is 1.16 bits per heavy atom. The summed E-state index contributed by atoms with van der Waals surface area (Å²) in [5, 5.41) is 3.01. The zero-order chi connectivity index (χ0) is 14.3. The number of hydrogen-bond donors (Lipinski definition) is 1. The van der Waals surface area contributed by atoms with Gasteiger partial charge in [-0.1, -0.05) is 11.6 Å². The molecular formula is C13H14ClNO4. The molecular weight excluding hydrogens is 270 g/mol. The summed E-state index contributed by atoms with van der Waals surface area (Å²) in [7, 11) is 1.26. The molecule has 19 heavy (non-hydrogen) atoms. The first-order valence-corrected chi connectivity index (χ1v) is 6.03. The summed E-state index contributed by atoms with van der Waals surface area (Å²) in [6, 6.07) is 6.32. The Labute approximate surface area is 115 Å². The highest BCUT2D eigenvalue weighted by molar-refractivity contribution is 6.30. The molecule has 0 bridgehead atoms. The largest absolute Gasteiger partial charge is 0.469 e. The molecule has 0 atom stereocenters. The molecule has 1 aromatic rings. The first-order valence-electron chi connectivity index (χ1n) is 5.65. The van der Waals surface area contributed by atoms with Crippen LogP contribution in [0.25, 0.3) is 0 Å². The third-order valence-corrected chi connectivity index (χ3v) is 2.64. The van der Waals surface area contributed by atoms with Crippen molar-refractivity contribution in [2.45, 2.75) is 12.8 Å². The minimum Gasteiger partial charge on any atom is -0.469 e. The standard InChI is InChI=1S/C13H14ClNO4/c1-19-12(17)7-6-11(16)8-15-13(18)9-2-4-10(14)5-3-9/h2-5H,6-8H2,1H3,(H,15,18). The third-order valence-electron chi connectivity index (χ3n) is 2.39. The minimum absolute atomic E-state index is 0.0200. The van der Waals surface area contributed by atoms with Crippen molar-refractivity contribution in [2.75, 3.05) is 13.7 Å². The molecule has 1 N–H and O–H groups in total. The number of ketones is 1. The van der Waals surface area contributed by atoms with E-state index in [-0.39, 0.29) is 31.1 Å². The van der Waals surface area contributed by atoms with Crippen molar-refractivity contribution >= 4 is 29.3 Å². The van der Waals surface area contributed by atoms with E-state index in [4.69, 9.17) is 11.6 Å². The van der Waals surface area contributed by atoms with Gasteiger partial charge in [-0.3, -0.25) is 14.4 Å². The molecule has 0 aliphatic carbocycles. The van der Waals surface area contributed by atoms with Gasteiger partial charge in [0.2, 0.25) is 0 Å². The van der Waals surface area contributed by atoms with E-state index in [1.165, 1.54) is 7.11 Å². The molecule has 0 aliphatic heterocycles. The van der Waals surface area contributed by atoms with Crippen LogP contribution in [0.15, 0.2) is 24.3 Å². The number of hydrogen-bond acceptors (Lipinski definition) is 4. The van der Waals surface area contributed by atoms with E-state index < -0.39 is 5.97 Å². The van der Waals surface area contributed by atoms with Crippen LogP contribution in [0.5, 0.6) is 0 Å². The molecule has 5 nitrogen and oxygen atoms in total. The van der Waals surface area contributed by atoms with E-state index in [0.717, 1.165) is 0 Å². The number of carbonyl (C=O) groups is 3. The Morgan fingerprint density at radius 2 is 1.79 bits per heavy atom. The highest BCUT2D eigenvalue weighted by Crippen LogP contribution is 2.09. The minimum atomic E-state index is -0.447. The summed E-state index contributed by atoms with van der Waals surface area (Å²) in [5.74, 6) is -1.03. The van der Waals surface area contributed by atoms with E-state index in [0.29, 0.717) is 10.6 Å². The van der Waals surface area contributed by atoms with Gasteiger partial charge < -0.3 is 10.1 Å². The van der Waals surface area contributed by atoms with Gasteiger partial charge in [0.15, 0.2) is 5.78 Å². The second-order valence-corrected chi connectivity index (χ2v) is 4.24. The smallest absolute Gasteiger partial charge is 0.305 e. The highest BCUT2D eigenvalue weighted by Gasteiger charge is 2.10. The van der Waals surface area contributed by atoms with Crippen LogP contribution < -0.4 is 5.32 Å². The maximum absolute atomic E-state index is 11.7. The molecule has 0 fully saturated rings. The van der Waals surface area contributed by atoms with Gasteiger partial charge in [0.1, 0.15) is 0 Å². The molecule has 0 aromatic heterocycles. The molecule has 1 aromatic carbocycles. The Kier molecular flexibility index (Phi) is 6.02. The summed E-state index contributed by atoms with van der Waals surface area (Å²) in [4.78, 5) is 33.9. The van der Waals surface area contributed by atoms with Gasteiger partial charge in [0.25, 0.3) is 5.91 Å². The fraction of sp³-hybridized carbons (Fsp3) is 0.308. The highest BCUT2D eigenvalue weighted by atomic mass is 35.5. The van der Waals surface area contributed by atoms with Crippen molar-refractivity contribution in [1.82, 2.24) is 5.32 Å². The second-order valence-electron chi connectivity index (χ2n) is 3.80.